The molecule has 0 radical (unpaired) electrons. The molecule has 0 saturated heterocycles. The van der Waals surface area contributed by atoms with Crippen LogP contribution in [0.1, 0.15) is 47.3 Å². The molecule has 0 aliphatic carbocycles. The molecule has 102 valence electrons. The van der Waals surface area contributed by atoms with Crippen LogP contribution in [-0.2, 0) is 6.42 Å². The zero-order valence-electron chi connectivity index (χ0n) is 11.9. The Morgan fingerprint density at radius 3 is 2.61 bits per heavy atom. The summed E-state index contributed by atoms with van der Waals surface area (Å²) < 4.78 is 0. The van der Waals surface area contributed by atoms with Crippen molar-refractivity contribution in [3.05, 3.63) is 21.4 Å². The van der Waals surface area contributed by atoms with Gasteiger partial charge in [-0.3, -0.25) is 4.79 Å². The molecule has 1 aromatic heterocycles. The third-order valence-corrected chi connectivity index (χ3v) is 4.43. The Morgan fingerprint density at radius 1 is 1.50 bits per heavy atom. The molecule has 0 fully saturated rings. The highest BCUT2D eigenvalue weighted by atomic mass is 32.1. The van der Waals surface area contributed by atoms with Crippen molar-refractivity contribution in [1.82, 2.24) is 4.90 Å². The lowest BCUT2D eigenvalue weighted by Crippen LogP contribution is -2.47. The quantitative estimate of drug-likeness (QED) is 0.893. The van der Waals surface area contributed by atoms with E-state index in [2.05, 4.69) is 13.8 Å². The fraction of sp³-hybridized carbons (Fsp3) is 0.643. The molecule has 18 heavy (non-hydrogen) atoms. The number of amides is 1. The van der Waals surface area contributed by atoms with Crippen molar-refractivity contribution >= 4 is 17.2 Å². The minimum absolute atomic E-state index is 0.00972. The maximum absolute atomic E-state index is 12.3. The number of aryl methyl sites for hydroxylation is 2. The Balaban J connectivity index is 2.94. The van der Waals surface area contributed by atoms with Crippen LogP contribution >= 0.6 is 11.3 Å². The first-order valence-corrected chi connectivity index (χ1v) is 7.13. The average Bonchev–Trinajstić information content (AvgIpc) is 2.69. The number of hydrogen-bond donors (Lipinski definition) is 1. The number of aliphatic hydroxyl groups excluding tert-OH is 1. The largest absolute Gasteiger partial charge is 0.394 e. The van der Waals surface area contributed by atoms with Crippen molar-refractivity contribution in [2.75, 3.05) is 13.7 Å². The number of aliphatic hydroxyl groups is 1. The molecule has 0 bridgehead atoms. The molecule has 0 aliphatic heterocycles. The molecular weight excluding hydrogens is 246 g/mol. The number of hydrogen-bond acceptors (Lipinski definition) is 3. The highest BCUT2D eigenvalue weighted by molar-refractivity contribution is 7.14. The molecule has 0 aliphatic rings. The maximum Gasteiger partial charge on any atom is 0.264 e. The summed E-state index contributed by atoms with van der Waals surface area (Å²) in [5, 5.41) is 9.31. The van der Waals surface area contributed by atoms with E-state index in [0.29, 0.717) is 0 Å². The fourth-order valence-corrected chi connectivity index (χ4v) is 2.74. The standard InChI is InChI=1S/C14H23NO2S/c1-6-7-11-8-12(18-10(11)2)13(17)15(5)14(3,4)9-16/h8,16H,6-7,9H2,1-5H3. The molecule has 0 atom stereocenters. The number of thiophene rings is 1. The van der Waals surface area contributed by atoms with E-state index in [9.17, 15) is 9.90 Å². The number of nitrogens with zero attached hydrogens (tertiary/aromatic N) is 1. The Bertz CT molecular complexity index is 423. The van der Waals surface area contributed by atoms with Crippen molar-refractivity contribution in [2.24, 2.45) is 0 Å². The number of carbonyl (C=O) groups is 1. The molecule has 0 spiro atoms. The van der Waals surface area contributed by atoms with Gasteiger partial charge in [-0.15, -0.1) is 11.3 Å². The van der Waals surface area contributed by atoms with Gasteiger partial charge in [-0.2, -0.15) is 0 Å². The molecule has 3 nitrogen and oxygen atoms in total. The second-order valence-corrected chi connectivity index (χ2v) is 6.53. The monoisotopic (exact) mass is 269 g/mol. The summed E-state index contributed by atoms with van der Waals surface area (Å²) >= 11 is 1.54. The van der Waals surface area contributed by atoms with Crippen LogP contribution in [0.3, 0.4) is 0 Å². The molecule has 0 saturated carbocycles. The highest BCUT2D eigenvalue weighted by Crippen LogP contribution is 2.25. The molecule has 1 aromatic rings. The molecular formula is C14H23NO2S. The lowest BCUT2D eigenvalue weighted by Gasteiger charge is -2.33. The molecule has 1 N–H and O–H groups in total. The molecule has 1 amide bonds. The summed E-state index contributed by atoms with van der Waals surface area (Å²) in [7, 11) is 1.74. The first-order valence-electron chi connectivity index (χ1n) is 6.31. The molecule has 0 unspecified atom stereocenters. The Kier molecular flexibility index (Phi) is 4.93. The van der Waals surface area contributed by atoms with Gasteiger partial charge in [0.15, 0.2) is 0 Å². The van der Waals surface area contributed by atoms with Gasteiger partial charge in [-0.05, 0) is 38.8 Å². The van der Waals surface area contributed by atoms with E-state index in [1.807, 2.05) is 19.9 Å². The Hall–Kier alpha value is -0.870. The van der Waals surface area contributed by atoms with Crippen molar-refractivity contribution in [1.29, 1.82) is 0 Å². The fourth-order valence-electron chi connectivity index (χ4n) is 1.69. The van der Waals surface area contributed by atoms with Gasteiger partial charge in [0.05, 0.1) is 17.0 Å². The number of rotatable bonds is 5. The first kappa shape index (κ1) is 15.2. The van der Waals surface area contributed by atoms with E-state index in [0.717, 1.165) is 17.7 Å². The van der Waals surface area contributed by atoms with Gasteiger partial charge < -0.3 is 10.0 Å². The van der Waals surface area contributed by atoms with Crippen LogP contribution in [0, 0.1) is 6.92 Å². The van der Waals surface area contributed by atoms with E-state index in [-0.39, 0.29) is 12.5 Å². The smallest absolute Gasteiger partial charge is 0.264 e. The van der Waals surface area contributed by atoms with Crippen LogP contribution < -0.4 is 0 Å². The molecule has 1 rings (SSSR count). The second kappa shape index (κ2) is 5.85. The van der Waals surface area contributed by atoms with Crippen molar-refractivity contribution < 1.29 is 9.90 Å². The summed E-state index contributed by atoms with van der Waals surface area (Å²) in [6.07, 6.45) is 2.10. The topological polar surface area (TPSA) is 40.5 Å². The lowest BCUT2D eigenvalue weighted by molar-refractivity contribution is 0.0477. The van der Waals surface area contributed by atoms with E-state index in [1.54, 1.807) is 23.3 Å². The third-order valence-electron chi connectivity index (χ3n) is 3.35. The van der Waals surface area contributed by atoms with Gasteiger partial charge in [-0.1, -0.05) is 13.3 Å². The van der Waals surface area contributed by atoms with Crippen molar-refractivity contribution in [3.63, 3.8) is 0 Å². The number of carbonyl (C=O) groups excluding carboxylic acids is 1. The van der Waals surface area contributed by atoms with Gasteiger partial charge in [-0.25, -0.2) is 0 Å². The zero-order valence-corrected chi connectivity index (χ0v) is 12.7. The Morgan fingerprint density at radius 2 is 2.11 bits per heavy atom. The van der Waals surface area contributed by atoms with E-state index in [1.165, 1.54) is 10.4 Å². The van der Waals surface area contributed by atoms with Crippen molar-refractivity contribution in [2.45, 2.75) is 46.1 Å². The van der Waals surface area contributed by atoms with Crippen LogP contribution in [0.25, 0.3) is 0 Å². The Labute approximate surface area is 113 Å². The lowest BCUT2D eigenvalue weighted by atomic mass is 10.0. The molecule has 0 aromatic carbocycles. The average molecular weight is 269 g/mol. The van der Waals surface area contributed by atoms with Gasteiger partial charge in [0.1, 0.15) is 0 Å². The third kappa shape index (κ3) is 3.12. The van der Waals surface area contributed by atoms with Crippen LogP contribution in [0.15, 0.2) is 6.07 Å². The van der Waals surface area contributed by atoms with Crippen molar-refractivity contribution in [3.8, 4) is 0 Å². The number of likely N-dealkylation sites (N-methyl/N-ethyl adjacent to an activating group) is 1. The highest BCUT2D eigenvalue weighted by Gasteiger charge is 2.28. The van der Waals surface area contributed by atoms with Gasteiger partial charge >= 0.3 is 0 Å². The predicted molar refractivity (Wildman–Crippen MR) is 76.3 cm³/mol. The first-order chi connectivity index (χ1) is 8.33. The summed E-state index contributed by atoms with van der Waals surface area (Å²) in [6.45, 7) is 7.88. The van der Waals surface area contributed by atoms with Gasteiger partial charge in [0.25, 0.3) is 5.91 Å². The second-order valence-electron chi connectivity index (χ2n) is 5.28. The summed E-state index contributed by atoms with van der Waals surface area (Å²) in [4.78, 5) is 15.9. The van der Waals surface area contributed by atoms with E-state index >= 15 is 0 Å². The zero-order chi connectivity index (χ0) is 13.9. The maximum atomic E-state index is 12.3. The minimum Gasteiger partial charge on any atom is -0.394 e. The summed E-state index contributed by atoms with van der Waals surface area (Å²) in [6, 6.07) is 2.00. The van der Waals surface area contributed by atoms with Crippen LogP contribution in [0.4, 0.5) is 0 Å². The molecule has 1 heterocycles. The van der Waals surface area contributed by atoms with Crippen LogP contribution in [0.2, 0.25) is 0 Å². The predicted octanol–water partition coefficient (Wildman–Crippen LogP) is 2.85. The summed E-state index contributed by atoms with van der Waals surface area (Å²) in [5.41, 5.74) is 0.737. The van der Waals surface area contributed by atoms with E-state index < -0.39 is 5.54 Å². The van der Waals surface area contributed by atoms with Crippen LogP contribution in [-0.4, -0.2) is 35.1 Å². The van der Waals surface area contributed by atoms with E-state index in [4.69, 9.17) is 0 Å². The minimum atomic E-state index is -0.528. The SMILES string of the molecule is CCCc1cc(C(=O)N(C)C(C)(C)CO)sc1C. The normalized spacial score (nSPS) is 11.7. The van der Waals surface area contributed by atoms with Crippen LogP contribution in [0.5, 0.6) is 0 Å². The summed E-state index contributed by atoms with van der Waals surface area (Å²) in [5.74, 6) is -0.00972. The molecule has 4 heteroatoms. The van der Waals surface area contributed by atoms with Gasteiger partial charge in [0.2, 0.25) is 0 Å². The van der Waals surface area contributed by atoms with Gasteiger partial charge in [0, 0.05) is 11.9 Å².